The first kappa shape index (κ1) is 16.0. The van der Waals surface area contributed by atoms with Gasteiger partial charge in [-0.3, -0.25) is 4.72 Å². The molecule has 0 radical (unpaired) electrons. The molecule has 1 atom stereocenters. The predicted molar refractivity (Wildman–Crippen MR) is 86.8 cm³/mol. The van der Waals surface area contributed by atoms with E-state index in [1.54, 1.807) is 31.2 Å². The molecule has 2 aromatic rings. The molecule has 2 N–H and O–H groups in total. The number of aryl methyl sites for hydroxylation is 1. The Morgan fingerprint density at radius 2 is 1.76 bits per heavy atom. The van der Waals surface area contributed by atoms with Gasteiger partial charge >= 0.3 is 0 Å². The average Bonchev–Trinajstić information content (AvgIpc) is 2.43. The third kappa shape index (κ3) is 3.84. The summed E-state index contributed by atoms with van der Waals surface area (Å²) in [5.74, 6) is 0. The van der Waals surface area contributed by atoms with Crippen LogP contribution >= 0.6 is 15.9 Å². The zero-order valence-corrected chi connectivity index (χ0v) is 14.1. The van der Waals surface area contributed by atoms with Crippen molar-refractivity contribution in [1.29, 1.82) is 0 Å². The molecule has 0 aromatic heterocycles. The summed E-state index contributed by atoms with van der Waals surface area (Å²) in [7, 11) is -3.66. The Morgan fingerprint density at radius 1 is 1.14 bits per heavy atom. The van der Waals surface area contributed by atoms with Crippen molar-refractivity contribution in [3.05, 3.63) is 58.1 Å². The highest BCUT2D eigenvalue weighted by atomic mass is 79.9. The summed E-state index contributed by atoms with van der Waals surface area (Å²) in [5.41, 5.74) is 2.13. The minimum absolute atomic E-state index is 0.153. The predicted octanol–water partition coefficient (Wildman–Crippen LogP) is 3.61. The van der Waals surface area contributed by atoms with Crippen LogP contribution in [0.25, 0.3) is 0 Å². The van der Waals surface area contributed by atoms with Crippen molar-refractivity contribution < 1.29 is 13.5 Å². The second-order valence-electron chi connectivity index (χ2n) is 4.83. The molecule has 0 saturated carbocycles. The molecule has 0 bridgehead atoms. The number of benzene rings is 2. The van der Waals surface area contributed by atoms with Crippen LogP contribution in [-0.2, 0) is 10.0 Å². The van der Waals surface area contributed by atoms with Crippen LogP contribution in [-0.4, -0.2) is 13.5 Å². The van der Waals surface area contributed by atoms with Gasteiger partial charge in [0.1, 0.15) is 0 Å². The van der Waals surface area contributed by atoms with Gasteiger partial charge in [-0.2, -0.15) is 0 Å². The zero-order valence-electron chi connectivity index (χ0n) is 11.7. The second-order valence-corrected chi connectivity index (χ2v) is 7.37. The molecule has 0 fully saturated rings. The van der Waals surface area contributed by atoms with Gasteiger partial charge in [-0.05, 0) is 65.2 Å². The van der Waals surface area contributed by atoms with Crippen LogP contribution in [0.2, 0.25) is 0 Å². The molecule has 6 heteroatoms. The Labute approximate surface area is 133 Å². The van der Waals surface area contributed by atoms with E-state index in [1.165, 1.54) is 12.1 Å². The van der Waals surface area contributed by atoms with Gasteiger partial charge in [-0.25, -0.2) is 8.42 Å². The van der Waals surface area contributed by atoms with Crippen LogP contribution in [0.4, 0.5) is 5.69 Å². The van der Waals surface area contributed by atoms with E-state index in [2.05, 4.69) is 20.7 Å². The molecule has 21 heavy (non-hydrogen) atoms. The summed E-state index contributed by atoms with van der Waals surface area (Å²) < 4.78 is 27.9. The number of hydrogen-bond acceptors (Lipinski definition) is 3. The first-order chi connectivity index (χ1) is 9.79. The molecule has 112 valence electrons. The first-order valence-electron chi connectivity index (χ1n) is 6.36. The summed E-state index contributed by atoms with van der Waals surface area (Å²) >= 11 is 3.33. The van der Waals surface area contributed by atoms with E-state index in [1.807, 2.05) is 13.0 Å². The first-order valence-corrected chi connectivity index (χ1v) is 8.64. The zero-order chi connectivity index (χ0) is 15.6. The number of halogens is 1. The lowest BCUT2D eigenvalue weighted by atomic mass is 10.1. The molecule has 1 unspecified atom stereocenters. The van der Waals surface area contributed by atoms with Gasteiger partial charge in [0, 0.05) is 4.47 Å². The molecular formula is C15H16BrNO3S. The van der Waals surface area contributed by atoms with Gasteiger partial charge in [0.2, 0.25) is 0 Å². The van der Waals surface area contributed by atoms with Gasteiger partial charge in [-0.1, -0.05) is 18.2 Å². The third-order valence-electron chi connectivity index (χ3n) is 3.04. The smallest absolute Gasteiger partial charge is 0.261 e. The van der Waals surface area contributed by atoms with E-state index in [0.717, 1.165) is 5.56 Å². The molecule has 4 nitrogen and oxygen atoms in total. The van der Waals surface area contributed by atoms with E-state index in [4.69, 9.17) is 0 Å². The summed E-state index contributed by atoms with van der Waals surface area (Å²) in [6, 6.07) is 11.6. The number of anilines is 1. The lowest BCUT2D eigenvalue weighted by molar-refractivity contribution is 0.199. The molecular weight excluding hydrogens is 354 g/mol. The third-order valence-corrected chi connectivity index (χ3v) is 5.11. The number of aliphatic hydroxyl groups is 1. The van der Waals surface area contributed by atoms with Gasteiger partial charge in [0.05, 0.1) is 16.7 Å². The van der Waals surface area contributed by atoms with E-state index < -0.39 is 16.1 Å². The van der Waals surface area contributed by atoms with Crippen LogP contribution in [0.1, 0.15) is 24.2 Å². The fourth-order valence-electron chi connectivity index (χ4n) is 1.85. The molecule has 2 rings (SSSR count). The number of nitrogens with one attached hydrogen (secondary N) is 1. The number of aliphatic hydroxyl groups excluding tert-OH is 1. The Hall–Kier alpha value is -1.37. The van der Waals surface area contributed by atoms with Crippen molar-refractivity contribution in [2.75, 3.05) is 4.72 Å². The molecule has 0 aliphatic rings. The van der Waals surface area contributed by atoms with Crippen LogP contribution in [0.15, 0.2) is 51.8 Å². The quantitative estimate of drug-likeness (QED) is 0.864. The van der Waals surface area contributed by atoms with Gasteiger partial charge < -0.3 is 5.11 Å². The monoisotopic (exact) mass is 369 g/mol. The standard InChI is InChI=1S/C15H16BrNO3S/c1-10-3-8-14(16)15(9-10)17-21(19,20)13-6-4-12(5-7-13)11(2)18/h3-9,11,17-18H,1-2H3. The van der Waals surface area contributed by atoms with Crippen molar-refractivity contribution in [3.63, 3.8) is 0 Å². The van der Waals surface area contributed by atoms with Crippen LogP contribution in [0, 0.1) is 6.92 Å². The maximum absolute atomic E-state index is 12.4. The van der Waals surface area contributed by atoms with E-state index >= 15 is 0 Å². The van der Waals surface area contributed by atoms with E-state index in [-0.39, 0.29) is 4.90 Å². The molecule has 2 aromatic carbocycles. The molecule has 0 aliphatic carbocycles. The second kappa shape index (κ2) is 6.17. The van der Waals surface area contributed by atoms with Gasteiger partial charge in [0.15, 0.2) is 0 Å². The Bertz CT molecular complexity index is 740. The fourth-order valence-corrected chi connectivity index (χ4v) is 3.39. The van der Waals surface area contributed by atoms with Crippen molar-refractivity contribution in [2.24, 2.45) is 0 Å². The van der Waals surface area contributed by atoms with Gasteiger partial charge in [-0.15, -0.1) is 0 Å². The summed E-state index contributed by atoms with van der Waals surface area (Å²) in [6.07, 6.45) is -0.624. The molecule has 0 heterocycles. The highest BCUT2D eigenvalue weighted by Gasteiger charge is 2.16. The summed E-state index contributed by atoms with van der Waals surface area (Å²) in [6.45, 7) is 3.52. The lowest BCUT2D eigenvalue weighted by Crippen LogP contribution is -2.13. The maximum Gasteiger partial charge on any atom is 0.261 e. The maximum atomic E-state index is 12.4. The summed E-state index contributed by atoms with van der Waals surface area (Å²) in [5, 5.41) is 9.45. The average molecular weight is 370 g/mol. The largest absolute Gasteiger partial charge is 0.389 e. The Morgan fingerprint density at radius 3 is 2.33 bits per heavy atom. The highest BCUT2D eigenvalue weighted by molar-refractivity contribution is 9.10. The summed E-state index contributed by atoms with van der Waals surface area (Å²) in [4.78, 5) is 0.153. The molecule has 0 saturated heterocycles. The topological polar surface area (TPSA) is 66.4 Å². The molecule has 0 amide bonds. The van der Waals surface area contributed by atoms with Crippen LogP contribution < -0.4 is 4.72 Å². The van der Waals surface area contributed by atoms with E-state index in [9.17, 15) is 13.5 Å². The highest BCUT2D eigenvalue weighted by Crippen LogP contribution is 2.26. The van der Waals surface area contributed by atoms with Crippen molar-refractivity contribution in [1.82, 2.24) is 0 Å². The van der Waals surface area contributed by atoms with Crippen molar-refractivity contribution in [2.45, 2.75) is 24.8 Å². The molecule has 0 aliphatic heterocycles. The van der Waals surface area contributed by atoms with Crippen LogP contribution in [0.5, 0.6) is 0 Å². The van der Waals surface area contributed by atoms with Gasteiger partial charge in [0.25, 0.3) is 10.0 Å². The normalized spacial score (nSPS) is 13.0. The Kier molecular flexibility index (Phi) is 4.70. The molecule has 0 spiro atoms. The number of sulfonamides is 1. The Balaban J connectivity index is 2.31. The van der Waals surface area contributed by atoms with E-state index in [0.29, 0.717) is 15.7 Å². The van der Waals surface area contributed by atoms with Crippen LogP contribution in [0.3, 0.4) is 0 Å². The minimum Gasteiger partial charge on any atom is -0.389 e. The number of rotatable bonds is 4. The number of hydrogen-bond donors (Lipinski definition) is 2. The lowest BCUT2D eigenvalue weighted by Gasteiger charge is -2.11. The van der Waals surface area contributed by atoms with Crippen molar-refractivity contribution in [3.8, 4) is 0 Å². The van der Waals surface area contributed by atoms with Crippen molar-refractivity contribution >= 4 is 31.6 Å². The SMILES string of the molecule is Cc1ccc(Br)c(NS(=O)(=O)c2ccc(C(C)O)cc2)c1. The fraction of sp³-hybridized carbons (Fsp3) is 0.200. The minimum atomic E-state index is -3.66.